The first-order chi connectivity index (χ1) is 15.6. The Hall–Kier alpha value is -3.75. The molecule has 6 nitrogen and oxygen atoms in total. The summed E-state index contributed by atoms with van der Waals surface area (Å²) < 4.78 is 40.7. The van der Waals surface area contributed by atoms with Crippen molar-refractivity contribution in [3.8, 4) is 11.4 Å². The highest BCUT2D eigenvalue weighted by Gasteiger charge is 2.31. The second kappa shape index (κ2) is 7.40. The van der Waals surface area contributed by atoms with E-state index in [1.807, 2.05) is 32.9 Å². The number of carbonyl (C=O) groups excluding carboxylic acids is 1. The molecular weight excluding hydrogens is 431 g/mol. The zero-order chi connectivity index (χ0) is 23.5. The maximum Gasteiger partial charge on any atom is 0.416 e. The van der Waals surface area contributed by atoms with Crippen LogP contribution in [0.2, 0.25) is 0 Å². The summed E-state index contributed by atoms with van der Waals surface area (Å²) in [6.07, 6.45) is -1.31. The smallest absolute Gasteiger partial charge is 0.305 e. The zero-order valence-electron chi connectivity index (χ0n) is 18.2. The molecule has 0 spiro atoms. The number of fused-ring (bicyclic) bond motifs is 2. The fraction of sp³-hybridized carbons (Fsp3) is 0.250. The first kappa shape index (κ1) is 21.1. The van der Waals surface area contributed by atoms with Crippen LogP contribution >= 0.6 is 0 Å². The van der Waals surface area contributed by atoms with Crippen LogP contribution in [0.4, 0.5) is 18.9 Å². The van der Waals surface area contributed by atoms with Gasteiger partial charge < -0.3 is 4.90 Å². The Labute approximate surface area is 187 Å². The number of hydrogen-bond acceptors (Lipinski definition) is 4. The van der Waals surface area contributed by atoms with Crippen LogP contribution < -0.4 is 4.90 Å². The van der Waals surface area contributed by atoms with Gasteiger partial charge in [0, 0.05) is 34.9 Å². The van der Waals surface area contributed by atoms with Gasteiger partial charge >= 0.3 is 6.18 Å². The number of hydrogen-bond donors (Lipinski definition) is 0. The molecule has 1 amide bonds. The van der Waals surface area contributed by atoms with E-state index in [4.69, 9.17) is 0 Å². The molecule has 2 aromatic heterocycles. The van der Waals surface area contributed by atoms with Gasteiger partial charge in [-0.15, -0.1) is 0 Å². The van der Waals surface area contributed by atoms with Crippen LogP contribution in [-0.2, 0) is 12.7 Å². The van der Waals surface area contributed by atoms with Gasteiger partial charge in [0.05, 0.1) is 23.8 Å². The number of halogens is 3. The van der Waals surface area contributed by atoms with Crippen molar-refractivity contribution in [1.82, 2.24) is 19.7 Å². The molecule has 0 atom stereocenters. The van der Waals surface area contributed by atoms with Crippen LogP contribution in [0.15, 0.2) is 42.7 Å². The van der Waals surface area contributed by atoms with E-state index in [-0.39, 0.29) is 5.91 Å². The average molecular weight is 451 g/mol. The van der Waals surface area contributed by atoms with Crippen LogP contribution in [0.25, 0.3) is 22.3 Å². The molecule has 2 aromatic carbocycles. The van der Waals surface area contributed by atoms with Crippen molar-refractivity contribution >= 4 is 22.5 Å². The number of aryl methyl sites for hydroxylation is 3. The van der Waals surface area contributed by atoms with Crippen molar-refractivity contribution in [1.29, 1.82) is 0 Å². The van der Waals surface area contributed by atoms with E-state index in [9.17, 15) is 18.0 Å². The highest BCUT2D eigenvalue weighted by Crippen LogP contribution is 2.34. The Morgan fingerprint density at radius 1 is 0.939 bits per heavy atom. The van der Waals surface area contributed by atoms with Gasteiger partial charge in [0.1, 0.15) is 5.69 Å². The topological polar surface area (TPSA) is 63.9 Å². The van der Waals surface area contributed by atoms with Crippen molar-refractivity contribution in [2.45, 2.75) is 33.5 Å². The van der Waals surface area contributed by atoms with Crippen molar-refractivity contribution < 1.29 is 18.0 Å². The lowest BCUT2D eigenvalue weighted by molar-refractivity contribution is -0.137. The normalized spacial score (nSPS) is 14.1. The van der Waals surface area contributed by atoms with E-state index in [1.165, 1.54) is 12.3 Å². The van der Waals surface area contributed by atoms with Gasteiger partial charge in [-0.25, -0.2) is 9.97 Å². The molecule has 0 bridgehead atoms. The SMILES string of the molecule is Cc1cc(N2CCn3ncc(C)c3C2=O)c(C)cc1-c1ncc2cc(C(F)(F)F)ccc2n1. The predicted octanol–water partition coefficient (Wildman–Crippen LogP) is 5.10. The van der Waals surface area contributed by atoms with Crippen LogP contribution in [0, 0.1) is 20.8 Å². The molecule has 5 rings (SSSR count). The number of amides is 1. The maximum atomic E-state index is 13.1. The Bertz CT molecular complexity index is 1420. The Balaban J connectivity index is 1.52. The molecule has 4 aromatic rings. The highest BCUT2D eigenvalue weighted by atomic mass is 19.4. The minimum Gasteiger partial charge on any atom is -0.305 e. The number of anilines is 1. The third kappa shape index (κ3) is 3.53. The fourth-order valence-electron chi connectivity index (χ4n) is 4.25. The summed E-state index contributed by atoms with van der Waals surface area (Å²) >= 11 is 0. The molecular formula is C24H20F3N5O. The van der Waals surface area contributed by atoms with Crippen molar-refractivity contribution in [2.24, 2.45) is 0 Å². The molecule has 1 aliphatic rings. The van der Waals surface area contributed by atoms with Crippen LogP contribution in [0.1, 0.15) is 32.7 Å². The zero-order valence-corrected chi connectivity index (χ0v) is 18.2. The fourth-order valence-corrected chi connectivity index (χ4v) is 4.25. The number of aromatic nitrogens is 4. The molecule has 0 saturated carbocycles. The van der Waals surface area contributed by atoms with E-state index in [0.29, 0.717) is 35.5 Å². The lowest BCUT2D eigenvalue weighted by Crippen LogP contribution is -2.41. The van der Waals surface area contributed by atoms with Crippen molar-refractivity contribution in [3.63, 3.8) is 0 Å². The Kier molecular flexibility index (Phi) is 4.73. The molecule has 9 heteroatoms. The minimum atomic E-state index is -4.42. The first-order valence-electron chi connectivity index (χ1n) is 10.4. The number of carbonyl (C=O) groups is 1. The summed E-state index contributed by atoms with van der Waals surface area (Å²) in [7, 11) is 0. The van der Waals surface area contributed by atoms with Gasteiger partial charge in [-0.1, -0.05) is 0 Å². The van der Waals surface area contributed by atoms with Crippen LogP contribution in [0.5, 0.6) is 0 Å². The van der Waals surface area contributed by atoms with E-state index in [1.54, 1.807) is 15.8 Å². The summed E-state index contributed by atoms with van der Waals surface area (Å²) in [6.45, 7) is 6.82. The minimum absolute atomic E-state index is 0.0890. The van der Waals surface area contributed by atoms with E-state index >= 15 is 0 Å². The van der Waals surface area contributed by atoms with Gasteiger partial charge in [0.25, 0.3) is 5.91 Å². The summed E-state index contributed by atoms with van der Waals surface area (Å²) in [5.74, 6) is 0.335. The third-order valence-corrected chi connectivity index (χ3v) is 5.99. The molecule has 0 unspecified atom stereocenters. The Morgan fingerprint density at radius 2 is 1.73 bits per heavy atom. The number of alkyl halides is 3. The number of rotatable bonds is 2. The van der Waals surface area contributed by atoms with E-state index in [0.717, 1.165) is 40.1 Å². The second-order valence-corrected chi connectivity index (χ2v) is 8.27. The largest absolute Gasteiger partial charge is 0.416 e. The van der Waals surface area contributed by atoms with Gasteiger partial charge in [0.15, 0.2) is 5.82 Å². The summed E-state index contributed by atoms with van der Waals surface area (Å²) in [6, 6.07) is 7.29. The predicted molar refractivity (Wildman–Crippen MR) is 118 cm³/mol. The van der Waals surface area contributed by atoms with Gasteiger partial charge in [-0.05, 0) is 62.2 Å². The molecule has 0 saturated heterocycles. The van der Waals surface area contributed by atoms with Gasteiger partial charge in [0.2, 0.25) is 0 Å². The molecule has 0 radical (unpaired) electrons. The lowest BCUT2D eigenvalue weighted by atomic mass is 10.0. The monoisotopic (exact) mass is 451 g/mol. The third-order valence-electron chi connectivity index (χ3n) is 5.99. The summed E-state index contributed by atoms with van der Waals surface area (Å²) in [5.41, 5.74) is 4.46. The molecule has 3 heterocycles. The van der Waals surface area contributed by atoms with E-state index < -0.39 is 11.7 Å². The standard InChI is InChI=1S/C24H20F3N5O/c1-13-9-20(31-6-7-32-21(23(31)33)15(3)11-29-32)14(2)8-18(13)22-28-12-16-10-17(24(25,26)27)4-5-19(16)30-22/h4-5,8-12H,6-7H2,1-3H3. The van der Waals surface area contributed by atoms with E-state index in [2.05, 4.69) is 15.1 Å². The Morgan fingerprint density at radius 3 is 2.48 bits per heavy atom. The second-order valence-electron chi connectivity index (χ2n) is 8.27. The van der Waals surface area contributed by atoms with Gasteiger partial charge in [-0.3, -0.25) is 9.48 Å². The highest BCUT2D eigenvalue weighted by molar-refractivity contribution is 6.07. The number of nitrogens with zero attached hydrogens (tertiary/aromatic N) is 5. The molecule has 0 N–H and O–H groups in total. The maximum absolute atomic E-state index is 13.1. The molecule has 168 valence electrons. The summed E-state index contributed by atoms with van der Waals surface area (Å²) in [5, 5.41) is 4.59. The molecule has 0 aliphatic carbocycles. The molecule has 33 heavy (non-hydrogen) atoms. The average Bonchev–Trinajstić information content (AvgIpc) is 3.16. The quantitative estimate of drug-likeness (QED) is 0.426. The van der Waals surface area contributed by atoms with Crippen molar-refractivity contribution in [3.05, 3.63) is 70.7 Å². The first-order valence-corrected chi connectivity index (χ1v) is 10.4. The number of benzene rings is 2. The van der Waals surface area contributed by atoms with Crippen LogP contribution in [-0.4, -0.2) is 32.2 Å². The van der Waals surface area contributed by atoms with Crippen molar-refractivity contribution in [2.75, 3.05) is 11.4 Å². The lowest BCUT2D eigenvalue weighted by Gasteiger charge is -2.30. The summed E-state index contributed by atoms with van der Waals surface area (Å²) in [4.78, 5) is 23.7. The van der Waals surface area contributed by atoms with Crippen LogP contribution in [0.3, 0.4) is 0 Å². The molecule has 0 fully saturated rings. The molecule has 1 aliphatic heterocycles. The van der Waals surface area contributed by atoms with Gasteiger partial charge in [-0.2, -0.15) is 18.3 Å².